The van der Waals surface area contributed by atoms with Crippen LogP contribution in [0.2, 0.25) is 0 Å². The largest absolute Gasteiger partial charge is 0.481 e. The maximum Gasteiger partial charge on any atom is 0.303 e. The lowest BCUT2D eigenvalue weighted by atomic mass is 10.1. The fourth-order valence-corrected chi connectivity index (χ4v) is 2.36. The number of likely N-dealkylation sites (N-methyl/N-ethyl adjacent to an activating group) is 1. The lowest BCUT2D eigenvalue weighted by Crippen LogP contribution is -2.51. The van der Waals surface area contributed by atoms with Gasteiger partial charge in [0.1, 0.15) is 0 Å². The molecule has 0 aromatic carbocycles. The topological polar surface area (TPSA) is 43.8 Å². The van der Waals surface area contributed by atoms with E-state index in [0.717, 1.165) is 45.6 Å². The molecule has 0 aromatic heterocycles. The molecule has 16 heavy (non-hydrogen) atoms. The van der Waals surface area contributed by atoms with Crippen LogP contribution in [0.3, 0.4) is 0 Å². The molecule has 1 rings (SSSR count). The third kappa shape index (κ3) is 4.49. The molecule has 0 amide bonds. The highest BCUT2D eigenvalue weighted by Crippen LogP contribution is 2.10. The molecule has 4 heteroatoms. The minimum Gasteiger partial charge on any atom is -0.481 e. The fourth-order valence-electron chi connectivity index (χ4n) is 2.36. The SMILES string of the molecule is CCN1CCN(CCCCC(=O)O)CC1C. The number of carboxylic acids is 1. The van der Waals surface area contributed by atoms with Crippen LogP contribution in [-0.4, -0.2) is 59.6 Å². The highest BCUT2D eigenvalue weighted by molar-refractivity contribution is 5.66. The third-order valence-corrected chi connectivity index (χ3v) is 3.37. The lowest BCUT2D eigenvalue weighted by Gasteiger charge is -2.39. The second-order valence-electron chi connectivity index (χ2n) is 4.63. The van der Waals surface area contributed by atoms with Crippen molar-refractivity contribution in [3.63, 3.8) is 0 Å². The van der Waals surface area contributed by atoms with Crippen LogP contribution < -0.4 is 0 Å². The summed E-state index contributed by atoms with van der Waals surface area (Å²) in [7, 11) is 0. The zero-order valence-corrected chi connectivity index (χ0v) is 10.5. The molecule has 0 spiro atoms. The number of piperazine rings is 1. The van der Waals surface area contributed by atoms with Gasteiger partial charge < -0.3 is 10.0 Å². The number of nitrogens with zero attached hydrogens (tertiary/aromatic N) is 2. The summed E-state index contributed by atoms with van der Waals surface area (Å²) >= 11 is 0. The molecule has 1 N–H and O–H groups in total. The predicted octanol–water partition coefficient (Wildman–Crippen LogP) is 1.27. The molecule has 1 aliphatic heterocycles. The van der Waals surface area contributed by atoms with Crippen molar-refractivity contribution in [1.29, 1.82) is 0 Å². The minimum absolute atomic E-state index is 0.310. The van der Waals surface area contributed by atoms with Gasteiger partial charge in [0, 0.05) is 32.1 Å². The summed E-state index contributed by atoms with van der Waals surface area (Å²) in [5.74, 6) is -0.677. The monoisotopic (exact) mass is 228 g/mol. The van der Waals surface area contributed by atoms with E-state index in [0.29, 0.717) is 12.5 Å². The van der Waals surface area contributed by atoms with Gasteiger partial charge in [0.05, 0.1) is 0 Å². The molecule has 0 aromatic rings. The van der Waals surface area contributed by atoms with E-state index >= 15 is 0 Å². The number of hydrogen-bond donors (Lipinski definition) is 1. The van der Waals surface area contributed by atoms with E-state index in [1.165, 1.54) is 0 Å². The van der Waals surface area contributed by atoms with Crippen LogP contribution in [0.25, 0.3) is 0 Å². The van der Waals surface area contributed by atoms with Crippen LogP contribution in [0.15, 0.2) is 0 Å². The molecule has 1 heterocycles. The van der Waals surface area contributed by atoms with Gasteiger partial charge in [-0.15, -0.1) is 0 Å². The fraction of sp³-hybridized carbons (Fsp3) is 0.917. The Kier molecular flexibility index (Phi) is 5.77. The zero-order chi connectivity index (χ0) is 12.0. The first kappa shape index (κ1) is 13.5. The smallest absolute Gasteiger partial charge is 0.303 e. The molecule has 4 nitrogen and oxygen atoms in total. The molecular weight excluding hydrogens is 204 g/mol. The Bertz CT molecular complexity index is 221. The quantitative estimate of drug-likeness (QED) is 0.695. The summed E-state index contributed by atoms with van der Waals surface area (Å²) in [5.41, 5.74) is 0. The first-order chi connectivity index (χ1) is 7.63. The summed E-state index contributed by atoms with van der Waals surface area (Å²) in [6, 6.07) is 0.637. The van der Waals surface area contributed by atoms with Crippen LogP contribution >= 0.6 is 0 Å². The first-order valence-corrected chi connectivity index (χ1v) is 6.31. The molecule has 0 radical (unpaired) electrons. The van der Waals surface area contributed by atoms with Crippen molar-refractivity contribution < 1.29 is 9.90 Å². The van der Waals surface area contributed by atoms with Crippen LogP contribution in [0.4, 0.5) is 0 Å². The highest BCUT2D eigenvalue weighted by atomic mass is 16.4. The molecule has 0 saturated carbocycles. The Labute approximate surface area is 98.2 Å². The molecule has 0 aliphatic carbocycles. The standard InChI is InChI=1S/C12H24N2O2/c1-3-14-9-8-13(10-11(14)2)7-5-4-6-12(15)16/h11H,3-10H2,1-2H3,(H,15,16). The average molecular weight is 228 g/mol. The summed E-state index contributed by atoms with van der Waals surface area (Å²) < 4.78 is 0. The van der Waals surface area contributed by atoms with E-state index in [4.69, 9.17) is 5.11 Å². The molecule has 1 aliphatic rings. The predicted molar refractivity (Wildman–Crippen MR) is 64.6 cm³/mol. The summed E-state index contributed by atoms with van der Waals surface area (Å²) in [5, 5.41) is 8.54. The number of rotatable bonds is 6. The molecule has 1 saturated heterocycles. The van der Waals surface area contributed by atoms with E-state index in [1.54, 1.807) is 0 Å². The maximum atomic E-state index is 10.4. The number of carbonyl (C=O) groups is 1. The molecule has 1 atom stereocenters. The molecular formula is C12H24N2O2. The van der Waals surface area contributed by atoms with Gasteiger partial charge in [-0.2, -0.15) is 0 Å². The van der Waals surface area contributed by atoms with Crippen molar-refractivity contribution in [2.75, 3.05) is 32.7 Å². The Balaban J connectivity index is 2.13. The third-order valence-electron chi connectivity index (χ3n) is 3.37. The summed E-state index contributed by atoms with van der Waals surface area (Å²) in [4.78, 5) is 15.3. The van der Waals surface area contributed by atoms with Gasteiger partial charge in [-0.25, -0.2) is 0 Å². The molecule has 1 unspecified atom stereocenters. The number of hydrogen-bond acceptors (Lipinski definition) is 3. The van der Waals surface area contributed by atoms with Crippen molar-refractivity contribution >= 4 is 5.97 Å². The van der Waals surface area contributed by atoms with Crippen LogP contribution in [-0.2, 0) is 4.79 Å². The second-order valence-corrected chi connectivity index (χ2v) is 4.63. The molecule has 1 fully saturated rings. The first-order valence-electron chi connectivity index (χ1n) is 6.31. The van der Waals surface area contributed by atoms with Gasteiger partial charge in [-0.3, -0.25) is 9.69 Å². The van der Waals surface area contributed by atoms with Crippen molar-refractivity contribution in [3.8, 4) is 0 Å². The van der Waals surface area contributed by atoms with Crippen LogP contribution in [0.1, 0.15) is 33.1 Å². The Morgan fingerprint density at radius 1 is 1.38 bits per heavy atom. The van der Waals surface area contributed by atoms with Gasteiger partial charge in [-0.05, 0) is 32.9 Å². The minimum atomic E-state index is -0.677. The van der Waals surface area contributed by atoms with E-state index < -0.39 is 5.97 Å². The van der Waals surface area contributed by atoms with Crippen molar-refractivity contribution in [3.05, 3.63) is 0 Å². The van der Waals surface area contributed by atoms with Crippen molar-refractivity contribution in [2.24, 2.45) is 0 Å². The number of carboxylic acid groups (broad SMARTS) is 1. The van der Waals surface area contributed by atoms with E-state index in [-0.39, 0.29) is 0 Å². The lowest BCUT2D eigenvalue weighted by molar-refractivity contribution is -0.137. The number of unbranched alkanes of at least 4 members (excludes halogenated alkanes) is 1. The van der Waals surface area contributed by atoms with E-state index in [9.17, 15) is 4.79 Å². The summed E-state index contributed by atoms with van der Waals surface area (Å²) in [6.45, 7) is 10.1. The van der Waals surface area contributed by atoms with Crippen molar-refractivity contribution in [2.45, 2.75) is 39.2 Å². The van der Waals surface area contributed by atoms with Crippen molar-refractivity contribution in [1.82, 2.24) is 9.80 Å². The molecule has 0 bridgehead atoms. The van der Waals surface area contributed by atoms with Gasteiger partial charge in [-0.1, -0.05) is 6.92 Å². The molecule has 94 valence electrons. The Morgan fingerprint density at radius 2 is 2.12 bits per heavy atom. The van der Waals surface area contributed by atoms with Gasteiger partial charge in [0.2, 0.25) is 0 Å². The Morgan fingerprint density at radius 3 is 2.69 bits per heavy atom. The van der Waals surface area contributed by atoms with Crippen LogP contribution in [0.5, 0.6) is 0 Å². The maximum absolute atomic E-state index is 10.4. The van der Waals surface area contributed by atoms with Gasteiger partial charge >= 0.3 is 5.97 Å². The van der Waals surface area contributed by atoms with E-state index in [2.05, 4.69) is 23.6 Å². The Hall–Kier alpha value is -0.610. The van der Waals surface area contributed by atoms with Crippen LogP contribution in [0, 0.1) is 0 Å². The highest BCUT2D eigenvalue weighted by Gasteiger charge is 2.21. The van der Waals surface area contributed by atoms with Gasteiger partial charge in [0.25, 0.3) is 0 Å². The van der Waals surface area contributed by atoms with Gasteiger partial charge in [0.15, 0.2) is 0 Å². The summed E-state index contributed by atoms with van der Waals surface area (Å²) in [6.07, 6.45) is 2.12. The van der Waals surface area contributed by atoms with E-state index in [1.807, 2.05) is 0 Å². The number of aliphatic carboxylic acids is 1. The normalized spacial score (nSPS) is 23.5. The average Bonchev–Trinajstić information content (AvgIpc) is 2.24. The zero-order valence-electron chi connectivity index (χ0n) is 10.5. The second kappa shape index (κ2) is 6.86.